The summed E-state index contributed by atoms with van der Waals surface area (Å²) in [5.74, 6) is 0.00585. The van der Waals surface area contributed by atoms with Crippen molar-refractivity contribution in [1.82, 2.24) is 15.0 Å². The summed E-state index contributed by atoms with van der Waals surface area (Å²) in [6.45, 7) is 5.14. The van der Waals surface area contributed by atoms with Crippen LogP contribution in [0.1, 0.15) is 18.5 Å². The molecule has 0 atom stereocenters. The Kier molecular flexibility index (Phi) is 4.55. The molecule has 108 valence electrons. The molecule has 0 aliphatic carbocycles. The van der Waals surface area contributed by atoms with Crippen molar-refractivity contribution >= 4 is 11.8 Å². The Balaban J connectivity index is 1.85. The molecule has 0 N–H and O–H groups in total. The molecule has 2 heterocycles. The average Bonchev–Trinajstić information content (AvgIpc) is 2.98. The predicted octanol–water partition coefficient (Wildman–Crippen LogP) is 1.06. The molecule has 1 aromatic heterocycles. The first-order valence-electron chi connectivity index (χ1n) is 6.67. The second-order valence-electron chi connectivity index (χ2n) is 4.99. The van der Waals surface area contributed by atoms with Crippen molar-refractivity contribution in [3.63, 3.8) is 0 Å². The number of carbonyl (C=O) groups is 2. The van der Waals surface area contributed by atoms with Crippen LogP contribution in [0.4, 0.5) is 0 Å². The van der Waals surface area contributed by atoms with E-state index in [4.69, 9.17) is 4.52 Å². The lowest BCUT2D eigenvalue weighted by Gasteiger charge is -2.32. The summed E-state index contributed by atoms with van der Waals surface area (Å²) in [4.78, 5) is 27.2. The van der Waals surface area contributed by atoms with Gasteiger partial charge in [0.1, 0.15) is 12.0 Å². The van der Waals surface area contributed by atoms with Gasteiger partial charge in [-0.1, -0.05) is 11.7 Å². The Morgan fingerprint density at radius 3 is 2.80 bits per heavy atom. The lowest BCUT2D eigenvalue weighted by molar-refractivity contribution is -0.138. The fourth-order valence-corrected chi connectivity index (χ4v) is 2.43. The molecule has 0 unspecified atom stereocenters. The van der Waals surface area contributed by atoms with E-state index in [2.05, 4.69) is 11.7 Å². The Morgan fingerprint density at radius 1 is 1.55 bits per heavy atom. The molecule has 0 radical (unpaired) electrons. The maximum atomic E-state index is 12.3. The van der Waals surface area contributed by atoms with Crippen LogP contribution in [0.5, 0.6) is 0 Å². The molecule has 2 amide bonds. The third-order valence-electron chi connectivity index (χ3n) is 3.60. The highest BCUT2D eigenvalue weighted by Gasteiger charge is 2.28. The number of amides is 2. The van der Waals surface area contributed by atoms with Gasteiger partial charge in [0.15, 0.2) is 0 Å². The zero-order valence-electron chi connectivity index (χ0n) is 11.6. The van der Waals surface area contributed by atoms with Crippen LogP contribution in [0, 0.1) is 5.92 Å². The third kappa shape index (κ3) is 3.26. The molecule has 1 aromatic rings. The van der Waals surface area contributed by atoms with E-state index in [1.165, 1.54) is 12.3 Å². The highest BCUT2D eigenvalue weighted by Crippen LogP contribution is 2.20. The van der Waals surface area contributed by atoms with Crippen LogP contribution < -0.4 is 0 Å². The maximum absolute atomic E-state index is 12.3. The molecule has 1 fully saturated rings. The van der Waals surface area contributed by atoms with Gasteiger partial charge >= 0.3 is 0 Å². The van der Waals surface area contributed by atoms with E-state index in [9.17, 15) is 9.59 Å². The number of aromatic nitrogens is 1. The Morgan fingerprint density at radius 2 is 2.25 bits per heavy atom. The molecule has 1 saturated heterocycles. The van der Waals surface area contributed by atoms with Crippen molar-refractivity contribution in [3.05, 3.63) is 30.7 Å². The lowest BCUT2D eigenvalue weighted by atomic mass is 9.95. The first-order chi connectivity index (χ1) is 9.61. The summed E-state index contributed by atoms with van der Waals surface area (Å²) in [7, 11) is 1.76. The standard InChI is InChI=1S/C14H19N3O3/c1-3-13(18)17-7-4-11(5-8-17)14(19)16(2)10-12-6-9-20-15-12/h3,6,9,11H,1,4-5,7-8,10H2,2H3. The molecule has 0 bridgehead atoms. The van der Waals surface area contributed by atoms with Gasteiger partial charge in [-0.25, -0.2) is 0 Å². The number of rotatable bonds is 4. The number of piperidine rings is 1. The van der Waals surface area contributed by atoms with Gasteiger partial charge in [-0.3, -0.25) is 9.59 Å². The first-order valence-corrected chi connectivity index (χ1v) is 6.67. The van der Waals surface area contributed by atoms with Crippen molar-refractivity contribution in [3.8, 4) is 0 Å². The summed E-state index contributed by atoms with van der Waals surface area (Å²) in [5, 5.41) is 3.80. The number of carbonyl (C=O) groups excluding carboxylic acids is 2. The summed E-state index contributed by atoms with van der Waals surface area (Å²) >= 11 is 0. The van der Waals surface area contributed by atoms with Crippen molar-refractivity contribution < 1.29 is 14.1 Å². The second-order valence-corrected chi connectivity index (χ2v) is 4.99. The van der Waals surface area contributed by atoms with Crippen LogP contribution in [-0.2, 0) is 16.1 Å². The molecule has 6 nitrogen and oxygen atoms in total. The van der Waals surface area contributed by atoms with Crippen LogP contribution >= 0.6 is 0 Å². The maximum Gasteiger partial charge on any atom is 0.245 e. The highest BCUT2D eigenvalue weighted by molar-refractivity contribution is 5.87. The number of hydrogen-bond acceptors (Lipinski definition) is 4. The van der Waals surface area contributed by atoms with E-state index in [-0.39, 0.29) is 17.7 Å². The molecular formula is C14H19N3O3. The Hall–Kier alpha value is -2.11. The minimum Gasteiger partial charge on any atom is -0.364 e. The van der Waals surface area contributed by atoms with Crippen LogP contribution in [-0.4, -0.2) is 46.9 Å². The quantitative estimate of drug-likeness (QED) is 0.772. The monoisotopic (exact) mass is 277 g/mol. The van der Waals surface area contributed by atoms with E-state index in [1.807, 2.05) is 0 Å². The average molecular weight is 277 g/mol. The summed E-state index contributed by atoms with van der Waals surface area (Å²) in [6.07, 6.45) is 4.20. The second kappa shape index (κ2) is 6.36. The van der Waals surface area contributed by atoms with E-state index in [0.717, 1.165) is 5.69 Å². The van der Waals surface area contributed by atoms with Crippen LogP contribution in [0.2, 0.25) is 0 Å². The molecule has 0 saturated carbocycles. The minimum absolute atomic E-state index is 0.0271. The van der Waals surface area contributed by atoms with Gasteiger partial charge in [-0.2, -0.15) is 0 Å². The number of hydrogen-bond donors (Lipinski definition) is 0. The molecule has 1 aliphatic rings. The van der Waals surface area contributed by atoms with Crippen LogP contribution in [0.15, 0.2) is 29.5 Å². The fraction of sp³-hybridized carbons (Fsp3) is 0.500. The lowest BCUT2D eigenvalue weighted by Crippen LogP contribution is -2.42. The molecular weight excluding hydrogens is 258 g/mol. The fourth-order valence-electron chi connectivity index (χ4n) is 2.43. The van der Waals surface area contributed by atoms with Gasteiger partial charge in [0.25, 0.3) is 0 Å². The molecule has 0 spiro atoms. The summed E-state index contributed by atoms with van der Waals surface area (Å²) in [5.41, 5.74) is 0.736. The Bertz CT molecular complexity index is 476. The van der Waals surface area contributed by atoms with Gasteiger partial charge in [-0.05, 0) is 18.9 Å². The van der Waals surface area contributed by atoms with Crippen LogP contribution in [0.25, 0.3) is 0 Å². The van der Waals surface area contributed by atoms with Gasteiger partial charge in [0.2, 0.25) is 11.8 Å². The van der Waals surface area contributed by atoms with Crippen LogP contribution in [0.3, 0.4) is 0 Å². The highest BCUT2D eigenvalue weighted by atomic mass is 16.5. The van der Waals surface area contributed by atoms with Gasteiger partial charge in [0, 0.05) is 32.1 Å². The number of nitrogens with zero attached hydrogens (tertiary/aromatic N) is 3. The number of likely N-dealkylation sites (tertiary alicyclic amines) is 1. The van der Waals surface area contributed by atoms with Crippen molar-refractivity contribution in [1.29, 1.82) is 0 Å². The molecule has 2 rings (SSSR count). The van der Waals surface area contributed by atoms with Crippen molar-refractivity contribution in [2.24, 2.45) is 5.92 Å². The largest absolute Gasteiger partial charge is 0.364 e. The zero-order chi connectivity index (χ0) is 14.5. The Labute approximate surface area is 118 Å². The third-order valence-corrected chi connectivity index (χ3v) is 3.60. The topological polar surface area (TPSA) is 66.7 Å². The van der Waals surface area contributed by atoms with E-state index >= 15 is 0 Å². The smallest absolute Gasteiger partial charge is 0.245 e. The summed E-state index contributed by atoms with van der Waals surface area (Å²) < 4.78 is 4.75. The van der Waals surface area contributed by atoms with Crippen molar-refractivity contribution in [2.75, 3.05) is 20.1 Å². The summed E-state index contributed by atoms with van der Waals surface area (Å²) in [6, 6.07) is 1.75. The van der Waals surface area contributed by atoms with Gasteiger partial charge < -0.3 is 14.3 Å². The van der Waals surface area contributed by atoms with Crippen molar-refractivity contribution in [2.45, 2.75) is 19.4 Å². The zero-order valence-corrected chi connectivity index (χ0v) is 11.6. The minimum atomic E-state index is -0.0631. The van der Waals surface area contributed by atoms with E-state index in [0.29, 0.717) is 32.5 Å². The van der Waals surface area contributed by atoms with E-state index < -0.39 is 0 Å². The molecule has 0 aromatic carbocycles. The molecule has 20 heavy (non-hydrogen) atoms. The molecule has 6 heteroatoms. The molecule has 1 aliphatic heterocycles. The SMILES string of the molecule is C=CC(=O)N1CCC(C(=O)N(C)Cc2ccon2)CC1. The van der Waals surface area contributed by atoms with Gasteiger partial charge in [0.05, 0.1) is 6.54 Å². The van der Waals surface area contributed by atoms with Gasteiger partial charge in [-0.15, -0.1) is 0 Å². The first kappa shape index (κ1) is 14.3. The normalized spacial score (nSPS) is 15.9. The van der Waals surface area contributed by atoms with E-state index in [1.54, 1.807) is 22.9 Å². The predicted molar refractivity (Wildman–Crippen MR) is 72.5 cm³/mol.